The molecule has 20 heavy (non-hydrogen) atoms. The summed E-state index contributed by atoms with van der Waals surface area (Å²) in [6, 6.07) is 9.38. The van der Waals surface area contributed by atoms with Crippen molar-refractivity contribution >= 4 is 15.7 Å². The van der Waals surface area contributed by atoms with Gasteiger partial charge in [0.15, 0.2) is 0 Å². The molecule has 1 aromatic heterocycles. The van der Waals surface area contributed by atoms with E-state index >= 15 is 0 Å². The first kappa shape index (κ1) is 14.1. The van der Waals surface area contributed by atoms with Gasteiger partial charge >= 0.3 is 0 Å². The molecule has 7 heteroatoms. The minimum absolute atomic E-state index is 0.0226. The zero-order valence-electron chi connectivity index (χ0n) is 10.8. The Morgan fingerprint density at radius 3 is 2.70 bits per heavy atom. The molecule has 0 aliphatic carbocycles. The van der Waals surface area contributed by atoms with Crippen molar-refractivity contribution in [1.29, 1.82) is 5.26 Å². The van der Waals surface area contributed by atoms with Crippen molar-refractivity contribution in [2.45, 2.75) is 11.4 Å². The molecule has 0 bridgehead atoms. The number of nitrogens with two attached hydrogens (primary N) is 1. The lowest BCUT2D eigenvalue weighted by atomic mass is 10.2. The topological polar surface area (TPSA) is 100 Å². The third-order valence-corrected chi connectivity index (χ3v) is 4.66. The highest BCUT2D eigenvalue weighted by Gasteiger charge is 2.24. The highest BCUT2D eigenvalue weighted by molar-refractivity contribution is 7.89. The highest BCUT2D eigenvalue weighted by atomic mass is 32.2. The number of benzene rings is 1. The Hall–Kier alpha value is -2.30. The van der Waals surface area contributed by atoms with Crippen molar-refractivity contribution in [3.63, 3.8) is 0 Å². The molecule has 2 rings (SSSR count). The van der Waals surface area contributed by atoms with Crippen LogP contribution < -0.4 is 5.73 Å². The van der Waals surface area contributed by atoms with Crippen molar-refractivity contribution in [2.24, 2.45) is 0 Å². The van der Waals surface area contributed by atoms with Gasteiger partial charge in [-0.1, -0.05) is 0 Å². The Morgan fingerprint density at radius 1 is 1.40 bits per heavy atom. The van der Waals surface area contributed by atoms with Gasteiger partial charge in [0.25, 0.3) is 0 Å². The molecule has 0 amide bonds. The van der Waals surface area contributed by atoms with Crippen LogP contribution in [0.5, 0.6) is 0 Å². The Labute approximate surface area is 117 Å². The van der Waals surface area contributed by atoms with Crippen molar-refractivity contribution in [3.8, 4) is 6.07 Å². The minimum atomic E-state index is -3.73. The van der Waals surface area contributed by atoms with Crippen LogP contribution in [0, 0.1) is 11.3 Å². The van der Waals surface area contributed by atoms with Gasteiger partial charge in [-0.15, -0.1) is 0 Å². The van der Waals surface area contributed by atoms with Gasteiger partial charge in [-0.05, 0) is 30.3 Å². The molecular weight excluding hydrogens is 278 g/mol. The Morgan fingerprint density at radius 2 is 2.15 bits per heavy atom. The number of sulfonamides is 1. The van der Waals surface area contributed by atoms with E-state index in [1.807, 2.05) is 6.07 Å². The third kappa shape index (κ3) is 2.66. The first-order chi connectivity index (χ1) is 9.45. The zero-order chi connectivity index (χ0) is 14.8. The van der Waals surface area contributed by atoms with Gasteiger partial charge in [0.1, 0.15) is 10.7 Å². The fourth-order valence-corrected chi connectivity index (χ4v) is 2.96. The van der Waals surface area contributed by atoms with Crippen LogP contribution in [-0.4, -0.2) is 19.8 Å². The number of nitriles is 1. The number of rotatable bonds is 4. The first-order valence-electron chi connectivity index (χ1n) is 5.73. The van der Waals surface area contributed by atoms with Crippen molar-refractivity contribution < 1.29 is 12.8 Å². The monoisotopic (exact) mass is 291 g/mol. The molecule has 0 radical (unpaired) electrons. The quantitative estimate of drug-likeness (QED) is 0.861. The standard InChI is InChI=1S/C13H13N3O3S/c1-16(9-11-3-2-6-19-11)20(17,18)13-5-4-10(8-14)7-12(13)15/h2-7H,9,15H2,1H3. The summed E-state index contributed by atoms with van der Waals surface area (Å²) in [5.41, 5.74) is 6.08. The molecule has 1 heterocycles. The molecule has 0 aliphatic heterocycles. The maximum Gasteiger partial charge on any atom is 0.245 e. The van der Waals surface area contributed by atoms with Gasteiger partial charge in [0, 0.05) is 7.05 Å². The smallest absolute Gasteiger partial charge is 0.245 e. The number of hydrogen-bond donors (Lipinski definition) is 1. The Kier molecular flexibility index (Phi) is 3.79. The Balaban J connectivity index is 2.33. The van der Waals surface area contributed by atoms with Gasteiger partial charge in [0.2, 0.25) is 10.0 Å². The maximum absolute atomic E-state index is 12.4. The Bertz CT molecular complexity index is 746. The highest BCUT2D eigenvalue weighted by Crippen LogP contribution is 2.23. The number of furan rings is 1. The van der Waals surface area contributed by atoms with E-state index in [2.05, 4.69) is 0 Å². The first-order valence-corrected chi connectivity index (χ1v) is 7.17. The van der Waals surface area contributed by atoms with E-state index in [1.54, 1.807) is 12.1 Å². The van der Waals surface area contributed by atoms with E-state index in [9.17, 15) is 8.42 Å². The van der Waals surface area contributed by atoms with E-state index in [1.165, 1.54) is 31.5 Å². The summed E-state index contributed by atoms with van der Waals surface area (Å²) in [4.78, 5) is -0.0226. The summed E-state index contributed by atoms with van der Waals surface area (Å²) in [6.07, 6.45) is 1.48. The van der Waals surface area contributed by atoms with Crippen molar-refractivity contribution in [1.82, 2.24) is 4.31 Å². The number of nitrogens with zero attached hydrogens (tertiary/aromatic N) is 2. The summed E-state index contributed by atoms with van der Waals surface area (Å²) in [6.45, 7) is 0.106. The fourth-order valence-electron chi connectivity index (χ4n) is 1.73. The van der Waals surface area contributed by atoms with Crippen LogP contribution in [0.4, 0.5) is 5.69 Å². The van der Waals surface area contributed by atoms with Crippen molar-refractivity contribution in [3.05, 3.63) is 47.9 Å². The predicted molar refractivity (Wildman–Crippen MR) is 72.9 cm³/mol. The van der Waals surface area contributed by atoms with Crippen LogP contribution in [0.3, 0.4) is 0 Å². The van der Waals surface area contributed by atoms with Gasteiger partial charge < -0.3 is 10.2 Å². The predicted octanol–water partition coefficient (Wildman–Crippen LogP) is 1.55. The minimum Gasteiger partial charge on any atom is -0.468 e. The summed E-state index contributed by atoms with van der Waals surface area (Å²) in [7, 11) is -2.29. The molecule has 1 aromatic carbocycles. The number of anilines is 1. The lowest BCUT2D eigenvalue weighted by molar-refractivity contribution is 0.406. The van der Waals surface area contributed by atoms with Crippen LogP contribution in [0.2, 0.25) is 0 Å². The van der Waals surface area contributed by atoms with Crippen molar-refractivity contribution in [2.75, 3.05) is 12.8 Å². The normalized spacial score (nSPS) is 11.4. The lowest BCUT2D eigenvalue weighted by Gasteiger charge is -2.17. The molecule has 6 nitrogen and oxygen atoms in total. The molecule has 0 unspecified atom stereocenters. The fraction of sp³-hybridized carbons (Fsp3) is 0.154. The second-order valence-electron chi connectivity index (χ2n) is 4.20. The van der Waals surface area contributed by atoms with Crippen LogP contribution in [0.25, 0.3) is 0 Å². The molecular formula is C13H13N3O3S. The van der Waals surface area contributed by atoms with E-state index in [4.69, 9.17) is 15.4 Å². The second-order valence-corrected chi connectivity index (χ2v) is 6.22. The molecule has 0 atom stereocenters. The molecule has 0 aliphatic rings. The van der Waals surface area contributed by atoms with Crippen LogP contribution in [0.1, 0.15) is 11.3 Å². The SMILES string of the molecule is CN(Cc1ccco1)S(=O)(=O)c1ccc(C#N)cc1N. The summed E-state index contributed by atoms with van der Waals surface area (Å²) in [5.74, 6) is 0.531. The van der Waals surface area contributed by atoms with Crippen LogP contribution in [-0.2, 0) is 16.6 Å². The summed E-state index contributed by atoms with van der Waals surface area (Å²) in [5, 5.41) is 8.76. The average molecular weight is 291 g/mol. The largest absolute Gasteiger partial charge is 0.468 e. The van der Waals surface area contributed by atoms with E-state index in [0.717, 1.165) is 4.31 Å². The maximum atomic E-state index is 12.4. The molecule has 0 saturated heterocycles. The van der Waals surface area contributed by atoms with Gasteiger partial charge in [0.05, 0.1) is 30.1 Å². The molecule has 0 saturated carbocycles. The molecule has 0 spiro atoms. The summed E-state index contributed by atoms with van der Waals surface area (Å²) < 4.78 is 31.1. The van der Waals surface area contributed by atoms with Crippen LogP contribution >= 0.6 is 0 Å². The zero-order valence-corrected chi connectivity index (χ0v) is 11.6. The summed E-state index contributed by atoms with van der Waals surface area (Å²) >= 11 is 0. The van der Waals surface area contributed by atoms with Gasteiger partial charge in [-0.3, -0.25) is 0 Å². The molecule has 2 N–H and O–H groups in total. The number of nitrogen functional groups attached to an aromatic ring is 1. The molecule has 104 valence electrons. The second kappa shape index (κ2) is 5.36. The average Bonchev–Trinajstić information content (AvgIpc) is 2.91. The lowest BCUT2D eigenvalue weighted by Crippen LogP contribution is -2.27. The molecule has 2 aromatic rings. The number of hydrogen-bond acceptors (Lipinski definition) is 5. The van der Waals surface area contributed by atoms with E-state index in [0.29, 0.717) is 11.3 Å². The van der Waals surface area contributed by atoms with Gasteiger partial charge in [-0.2, -0.15) is 9.57 Å². The van der Waals surface area contributed by atoms with E-state index in [-0.39, 0.29) is 17.1 Å². The van der Waals surface area contributed by atoms with Gasteiger partial charge in [-0.25, -0.2) is 8.42 Å². The van der Waals surface area contributed by atoms with Crippen LogP contribution in [0.15, 0.2) is 45.9 Å². The third-order valence-electron chi connectivity index (χ3n) is 2.79. The molecule has 0 fully saturated rings. The van der Waals surface area contributed by atoms with E-state index < -0.39 is 10.0 Å².